The molecule has 0 saturated carbocycles. The van der Waals surface area contributed by atoms with E-state index in [1.54, 1.807) is 0 Å². The molecular weight excluding hydrogens is 290 g/mol. The minimum absolute atomic E-state index is 0.0397. The molecule has 1 aromatic rings. The van der Waals surface area contributed by atoms with E-state index >= 15 is 0 Å². The summed E-state index contributed by atoms with van der Waals surface area (Å²) in [5, 5.41) is 14.0. The smallest absolute Gasteiger partial charge is 0.301 e. The van der Waals surface area contributed by atoms with Crippen LogP contribution in [0.5, 0.6) is 0 Å². The standard InChI is InChI=1S/C10H15N3O4S2/c1-3-11-9-5-4-8(13(14)15)10(12-9)18-6-7-19(2,16)17/h4-5H,3,6-7H2,1-2H3,(H,11,12). The van der Waals surface area contributed by atoms with Gasteiger partial charge in [-0.1, -0.05) is 11.8 Å². The molecule has 106 valence electrons. The van der Waals surface area contributed by atoms with Crippen LogP contribution in [0.15, 0.2) is 17.2 Å². The molecule has 0 bridgehead atoms. The van der Waals surface area contributed by atoms with Crippen LogP contribution in [0.2, 0.25) is 0 Å². The van der Waals surface area contributed by atoms with Gasteiger partial charge in [-0.25, -0.2) is 13.4 Å². The van der Waals surface area contributed by atoms with Crippen LogP contribution in [0, 0.1) is 10.1 Å². The maximum atomic E-state index is 11.0. The van der Waals surface area contributed by atoms with Crippen molar-refractivity contribution in [2.45, 2.75) is 11.9 Å². The van der Waals surface area contributed by atoms with E-state index < -0.39 is 14.8 Å². The lowest BCUT2D eigenvalue weighted by atomic mass is 10.4. The third-order valence-corrected chi connectivity index (χ3v) is 4.27. The number of hydrogen-bond donors (Lipinski definition) is 1. The highest BCUT2D eigenvalue weighted by atomic mass is 32.2. The first-order valence-electron chi connectivity index (χ1n) is 5.53. The van der Waals surface area contributed by atoms with Gasteiger partial charge in [0, 0.05) is 24.6 Å². The summed E-state index contributed by atoms with van der Waals surface area (Å²) in [6, 6.07) is 2.90. The molecule has 0 saturated heterocycles. The fourth-order valence-corrected chi connectivity index (χ4v) is 3.44. The summed E-state index contributed by atoms with van der Waals surface area (Å²) >= 11 is 1.07. The van der Waals surface area contributed by atoms with E-state index in [0.717, 1.165) is 18.0 Å². The molecule has 1 N–H and O–H groups in total. The number of aromatic nitrogens is 1. The molecule has 9 heteroatoms. The average molecular weight is 305 g/mol. The molecule has 0 amide bonds. The van der Waals surface area contributed by atoms with Gasteiger partial charge < -0.3 is 5.32 Å². The van der Waals surface area contributed by atoms with Gasteiger partial charge in [-0.3, -0.25) is 10.1 Å². The third-order valence-electron chi connectivity index (χ3n) is 2.09. The van der Waals surface area contributed by atoms with Crippen LogP contribution in [0.1, 0.15) is 6.92 Å². The first-order valence-corrected chi connectivity index (χ1v) is 8.58. The van der Waals surface area contributed by atoms with Gasteiger partial charge in [0.2, 0.25) is 0 Å². The highest BCUT2D eigenvalue weighted by Gasteiger charge is 2.17. The first kappa shape index (κ1) is 15.7. The second-order valence-corrected chi connectivity index (χ2v) is 7.13. The number of hydrogen-bond acceptors (Lipinski definition) is 7. The molecular formula is C10H15N3O4S2. The van der Waals surface area contributed by atoms with Gasteiger partial charge in [-0.2, -0.15) is 0 Å². The van der Waals surface area contributed by atoms with E-state index in [1.807, 2.05) is 6.92 Å². The second-order valence-electron chi connectivity index (χ2n) is 3.79. The Morgan fingerprint density at radius 2 is 2.16 bits per heavy atom. The summed E-state index contributed by atoms with van der Waals surface area (Å²) in [5.74, 6) is 0.736. The van der Waals surface area contributed by atoms with Crippen molar-refractivity contribution < 1.29 is 13.3 Å². The Bertz CT molecular complexity index is 560. The van der Waals surface area contributed by atoms with Gasteiger partial charge >= 0.3 is 5.69 Å². The lowest BCUT2D eigenvalue weighted by molar-refractivity contribution is -0.388. The molecule has 1 rings (SSSR count). The van der Waals surface area contributed by atoms with E-state index in [9.17, 15) is 18.5 Å². The molecule has 0 radical (unpaired) electrons. The van der Waals surface area contributed by atoms with Gasteiger partial charge in [-0.05, 0) is 13.0 Å². The zero-order valence-corrected chi connectivity index (χ0v) is 12.3. The van der Waals surface area contributed by atoms with Crippen LogP contribution in [0.3, 0.4) is 0 Å². The fraction of sp³-hybridized carbons (Fsp3) is 0.500. The molecule has 0 aromatic carbocycles. The summed E-state index contributed by atoms with van der Waals surface area (Å²) in [6.45, 7) is 2.54. The first-order chi connectivity index (χ1) is 8.83. The fourth-order valence-electron chi connectivity index (χ4n) is 1.25. The van der Waals surface area contributed by atoms with Crippen LogP contribution >= 0.6 is 11.8 Å². The summed E-state index contributed by atoms with van der Waals surface area (Å²) in [5.41, 5.74) is -0.111. The molecule has 7 nitrogen and oxygen atoms in total. The Hall–Kier alpha value is -1.35. The average Bonchev–Trinajstić information content (AvgIpc) is 2.27. The van der Waals surface area contributed by atoms with Crippen molar-refractivity contribution >= 4 is 33.1 Å². The zero-order valence-electron chi connectivity index (χ0n) is 10.6. The molecule has 0 aliphatic carbocycles. The van der Waals surface area contributed by atoms with Crippen molar-refractivity contribution in [2.75, 3.05) is 29.6 Å². The molecule has 0 atom stereocenters. The molecule has 1 heterocycles. The Morgan fingerprint density at radius 1 is 1.47 bits per heavy atom. The van der Waals surface area contributed by atoms with Crippen LogP contribution in [-0.4, -0.2) is 42.6 Å². The number of rotatable bonds is 7. The van der Waals surface area contributed by atoms with Crippen LogP contribution < -0.4 is 5.32 Å². The Balaban J connectivity index is 2.88. The second kappa shape index (κ2) is 6.71. The van der Waals surface area contributed by atoms with Crippen molar-refractivity contribution in [1.29, 1.82) is 0 Å². The quantitative estimate of drug-likeness (QED) is 0.463. The van der Waals surface area contributed by atoms with E-state index in [-0.39, 0.29) is 22.2 Å². The number of anilines is 1. The summed E-state index contributed by atoms with van der Waals surface area (Å²) in [6.07, 6.45) is 1.13. The lowest BCUT2D eigenvalue weighted by Crippen LogP contribution is -2.06. The normalized spacial score (nSPS) is 11.3. The number of thioether (sulfide) groups is 1. The van der Waals surface area contributed by atoms with Crippen molar-refractivity contribution in [3.63, 3.8) is 0 Å². The molecule has 0 unspecified atom stereocenters. The minimum Gasteiger partial charge on any atom is -0.370 e. The Labute approximate surface area is 115 Å². The van der Waals surface area contributed by atoms with Crippen molar-refractivity contribution in [1.82, 2.24) is 4.98 Å². The van der Waals surface area contributed by atoms with E-state index in [1.165, 1.54) is 12.1 Å². The largest absolute Gasteiger partial charge is 0.370 e. The molecule has 0 fully saturated rings. The SMILES string of the molecule is CCNc1ccc([N+](=O)[O-])c(SCCS(C)(=O)=O)n1. The van der Waals surface area contributed by atoms with Crippen LogP contribution in [0.25, 0.3) is 0 Å². The zero-order chi connectivity index (χ0) is 14.5. The number of nitrogens with one attached hydrogen (secondary N) is 1. The number of nitrogens with zero attached hydrogens (tertiary/aromatic N) is 2. The summed E-state index contributed by atoms with van der Waals surface area (Å²) in [7, 11) is -3.08. The lowest BCUT2D eigenvalue weighted by Gasteiger charge is -2.06. The van der Waals surface area contributed by atoms with Gasteiger partial charge in [0.15, 0.2) is 5.03 Å². The van der Waals surface area contributed by atoms with Gasteiger partial charge in [-0.15, -0.1) is 0 Å². The van der Waals surface area contributed by atoms with Crippen molar-refractivity contribution in [3.8, 4) is 0 Å². The van der Waals surface area contributed by atoms with Crippen molar-refractivity contribution in [3.05, 3.63) is 22.2 Å². The monoisotopic (exact) mass is 305 g/mol. The predicted molar refractivity (Wildman–Crippen MR) is 75.5 cm³/mol. The van der Waals surface area contributed by atoms with Gasteiger partial charge in [0.25, 0.3) is 0 Å². The maximum Gasteiger partial charge on any atom is 0.301 e. The summed E-state index contributed by atoms with van der Waals surface area (Å²) < 4.78 is 22.1. The summed E-state index contributed by atoms with van der Waals surface area (Å²) in [4.78, 5) is 14.5. The van der Waals surface area contributed by atoms with Gasteiger partial charge in [0.1, 0.15) is 15.7 Å². The topological polar surface area (TPSA) is 102 Å². The van der Waals surface area contributed by atoms with E-state index in [0.29, 0.717) is 12.4 Å². The van der Waals surface area contributed by atoms with E-state index in [2.05, 4.69) is 10.3 Å². The molecule has 1 aromatic heterocycles. The maximum absolute atomic E-state index is 11.0. The number of nitro groups is 1. The van der Waals surface area contributed by atoms with E-state index in [4.69, 9.17) is 0 Å². The molecule has 0 spiro atoms. The molecule has 0 aliphatic rings. The molecule has 19 heavy (non-hydrogen) atoms. The van der Waals surface area contributed by atoms with Crippen LogP contribution in [-0.2, 0) is 9.84 Å². The highest BCUT2D eigenvalue weighted by molar-refractivity contribution is 8.00. The Morgan fingerprint density at radius 3 is 2.68 bits per heavy atom. The third kappa shape index (κ3) is 5.43. The highest BCUT2D eigenvalue weighted by Crippen LogP contribution is 2.28. The minimum atomic E-state index is -3.08. The van der Waals surface area contributed by atoms with Gasteiger partial charge in [0.05, 0.1) is 10.7 Å². The number of sulfone groups is 1. The Kier molecular flexibility index (Phi) is 5.55. The van der Waals surface area contributed by atoms with Crippen LogP contribution in [0.4, 0.5) is 11.5 Å². The molecule has 0 aliphatic heterocycles. The van der Waals surface area contributed by atoms with Crippen molar-refractivity contribution in [2.24, 2.45) is 0 Å². The predicted octanol–water partition coefficient (Wildman–Crippen LogP) is 1.56. The number of pyridine rings is 1.